The molecule has 2 aromatic rings. The summed E-state index contributed by atoms with van der Waals surface area (Å²) >= 11 is 5.07. The van der Waals surface area contributed by atoms with E-state index in [1.165, 1.54) is 24.3 Å². The second kappa shape index (κ2) is 6.52. The molecule has 108 valence electrons. The van der Waals surface area contributed by atoms with Gasteiger partial charge < -0.3 is 10.4 Å². The molecule has 0 aliphatic heterocycles. The van der Waals surface area contributed by atoms with Crippen LogP contribution in [0.1, 0.15) is 20.7 Å². The molecule has 21 heavy (non-hydrogen) atoms. The first-order valence-corrected chi connectivity index (χ1v) is 7.55. The van der Waals surface area contributed by atoms with E-state index in [0.29, 0.717) is 4.47 Å². The van der Waals surface area contributed by atoms with Gasteiger partial charge in [0.05, 0.1) is 16.8 Å². The lowest BCUT2D eigenvalue weighted by atomic mass is 10.1. The van der Waals surface area contributed by atoms with Gasteiger partial charge in [-0.05, 0) is 68.9 Å². The molecule has 0 aromatic heterocycles. The Labute approximate surface area is 141 Å². The summed E-state index contributed by atoms with van der Waals surface area (Å²) in [6.45, 7) is 0. The zero-order valence-electron chi connectivity index (χ0n) is 10.4. The molecule has 0 bridgehead atoms. The number of hydrogen-bond acceptors (Lipinski definition) is 2. The fraction of sp³-hybridized carbons (Fsp3) is 0. The largest absolute Gasteiger partial charge is 0.478 e. The standard InChI is InChI=1S/C14H8BrFINO3/c15-9-2-1-3-10(16)12(9)13(19)18-11-5-4-7(17)6-8(11)14(20)21/h1-6H,(H,18,19)(H,20,21). The van der Waals surface area contributed by atoms with Crippen molar-refractivity contribution < 1.29 is 19.1 Å². The van der Waals surface area contributed by atoms with E-state index < -0.39 is 17.7 Å². The Bertz CT molecular complexity index is 716. The van der Waals surface area contributed by atoms with Gasteiger partial charge in [0, 0.05) is 8.04 Å². The molecule has 2 aromatic carbocycles. The Morgan fingerprint density at radius 1 is 1.24 bits per heavy atom. The molecule has 2 rings (SSSR count). The predicted octanol–water partition coefficient (Wildman–Crippen LogP) is 4.14. The number of benzene rings is 2. The van der Waals surface area contributed by atoms with Crippen molar-refractivity contribution in [2.24, 2.45) is 0 Å². The second-order valence-corrected chi connectivity index (χ2v) is 6.15. The van der Waals surface area contributed by atoms with Crippen LogP contribution in [0.4, 0.5) is 10.1 Å². The monoisotopic (exact) mass is 463 g/mol. The maximum Gasteiger partial charge on any atom is 0.337 e. The summed E-state index contributed by atoms with van der Waals surface area (Å²) < 4.78 is 14.7. The number of carboxylic acids is 1. The molecule has 2 N–H and O–H groups in total. The van der Waals surface area contributed by atoms with Crippen LogP contribution in [0.2, 0.25) is 0 Å². The number of hydrogen-bond donors (Lipinski definition) is 2. The zero-order valence-corrected chi connectivity index (χ0v) is 14.1. The molecule has 1 amide bonds. The van der Waals surface area contributed by atoms with Crippen molar-refractivity contribution >= 4 is 56.1 Å². The van der Waals surface area contributed by atoms with Crippen LogP contribution in [0.3, 0.4) is 0 Å². The van der Waals surface area contributed by atoms with Crippen LogP contribution >= 0.6 is 38.5 Å². The first-order chi connectivity index (χ1) is 9.90. The Balaban J connectivity index is 2.39. The molecular weight excluding hydrogens is 456 g/mol. The van der Waals surface area contributed by atoms with Crippen LogP contribution in [-0.2, 0) is 0 Å². The topological polar surface area (TPSA) is 66.4 Å². The maximum atomic E-state index is 13.7. The normalized spacial score (nSPS) is 10.2. The minimum atomic E-state index is -1.17. The highest BCUT2D eigenvalue weighted by atomic mass is 127. The van der Waals surface area contributed by atoms with Gasteiger partial charge >= 0.3 is 5.97 Å². The van der Waals surface area contributed by atoms with E-state index in [0.717, 1.165) is 9.64 Å². The molecule has 0 atom stereocenters. The molecular formula is C14H8BrFINO3. The van der Waals surface area contributed by atoms with Gasteiger partial charge in [-0.25, -0.2) is 9.18 Å². The molecule has 0 heterocycles. The first kappa shape index (κ1) is 15.9. The third-order valence-corrected chi connectivity index (χ3v) is 3.98. The highest BCUT2D eigenvalue weighted by Gasteiger charge is 2.18. The maximum absolute atomic E-state index is 13.7. The van der Waals surface area contributed by atoms with Crippen LogP contribution in [0.25, 0.3) is 0 Å². The van der Waals surface area contributed by atoms with E-state index in [1.807, 2.05) is 22.6 Å². The molecule has 0 fully saturated rings. The Kier molecular flexibility index (Phi) is 4.94. The summed E-state index contributed by atoms with van der Waals surface area (Å²) in [5, 5.41) is 11.6. The molecule has 0 unspecified atom stereocenters. The predicted molar refractivity (Wildman–Crippen MR) is 88.2 cm³/mol. The summed E-state index contributed by atoms with van der Waals surface area (Å²) in [6.07, 6.45) is 0. The summed E-state index contributed by atoms with van der Waals surface area (Å²) in [5.74, 6) is -2.58. The van der Waals surface area contributed by atoms with Gasteiger partial charge in [-0.3, -0.25) is 4.79 Å². The second-order valence-electron chi connectivity index (χ2n) is 4.05. The molecule has 0 radical (unpaired) electrons. The van der Waals surface area contributed by atoms with Crippen molar-refractivity contribution in [3.05, 3.63) is 61.4 Å². The lowest BCUT2D eigenvalue weighted by molar-refractivity contribution is 0.0698. The molecule has 7 heteroatoms. The van der Waals surface area contributed by atoms with Gasteiger partial charge in [-0.1, -0.05) is 6.07 Å². The SMILES string of the molecule is O=C(O)c1cc(I)ccc1NC(=O)c1c(F)cccc1Br. The van der Waals surface area contributed by atoms with Gasteiger partial charge in [0.2, 0.25) is 0 Å². The van der Waals surface area contributed by atoms with Crippen molar-refractivity contribution in [3.8, 4) is 0 Å². The lowest BCUT2D eigenvalue weighted by Crippen LogP contribution is -2.17. The van der Waals surface area contributed by atoms with Crippen LogP contribution in [-0.4, -0.2) is 17.0 Å². The number of amides is 1. The number of carbonyl (C=O) groups is 2. The average molecular weight is 464 g/mol. The van der Waals surface area contributed by atoms with E-state index in [9.17, 15) is 14.0 Å². The van der Waals surface area contributed by atoms with Crippen molar-refractivity contribution in [3.63, 3.8) is 0 Å². The van der Waals surface area contributed by atoms with E-state index >= 15 is 0 Å². The Morgan fingerprint density at radius 3 is 2.57 bits per heavy atom. The van der Waals surface area contributed by atoms with Gasteiger partial charge in [0.25, 0.3) is 5.91 Å². The summed E-state index contributed by atoms with van der Waals surface area (Å²) in [5.41, 5.74) is -0.113. The van der Waals surface area contributed by atoms with Crippen molar-refractivity contribution in [2.45, 2.75) is 0 Å². The molecule has 0 saturated carbocycles. The van der Waals surface area contributed by atoms with Gasteiger partial charge in [-0.2, -0.15) is 0 Å². The fourth-order valence-corrected chi connectivity index (χ4v) is 2.72. The summed E-state index contributed by atoms with van der Waals surface area (Å²) in [7, 11) is 0. The molecule has 0 aliphatic rings. The highest BCUT2D eigenvalue weighted by Crippen LogP contribution is 2.23. The number of halogens is 3. The van der Waals surface area contributed by atoms with E-state index in [-0.39, 0.29) is 16.8 Å². The average Bonchev–Trinajstić information content (AvgIpc) is 2.40. The number of aromatic carboxylic acids is 1. The minimum Gasteiger partial charge on any atom is -0.478 e. The molecule has 0 spiro atoms. The number of carbonyl (C=O) groups excluding carboxylic acids is 1. The van der Waals surface area contributed by atoms with E-state index in [2.05, 4.69) is 21.2 Å². The fourth-order valence-electron chi connectivity index (χ4n) is 1.70. The third kappa shape index (κ3) is 3.59. The summed E-state index contributed by atoms with van der Waals surface area (Å²) in [4.78, 5) is 23.3. The molecule has 0 saturated heterocycles. The number of anilines is 1. The number of nitrogens with one attached hydrogen (secondary N) is 1. The minimum absolute atomic E-state index is 0.0530. The van der Waals surface area contributed by atoms with Crippen LogP contribution < -0.4 is 5.32 Å². The quantitative estimate of drug-likeness (QED) is 0.672. The zero-order chi connectivity index (χ0) is 15.6. The molecule has 0 aliphatic carbocycles. The highest BCUT2D eigenvalue weighted by molar-refractivity contribution is 14.1. The van der Waals surface area contributed by atoms with E-state index in [4.69, 9.17) is 5.11 Å². The van der Waals surface area contributed by atoms with Crippen LogP contribution in [0.15, 0.2) is 40.9 Å². The Hall–Kier alpha value is -1.48. The van der Waals surface area contributed by atoms with Gasteiger partial charge in [0.1, 0.15) is 5.82 Å². The summed E-state index contributed by atoms with van der Waals surface area (Å²) in [6, 6.07) is 8.70. The number of rotatable bonds is 3. The van der Waals surface area contributed by atoms with Crippen molar-refractivity contribution in [1.82, 2.24) is 0 Å². The first-order valence-electron chi connectivity index (χ1n) is 5.68. The third-order valence-electron chi connectivity index (χ3n) is 2.65. The Morgan fingerprint density at radius 2 is 1.95 bits per heavy atom. The van der Waals surface area contributed by atoms with E-state index in [1.54, 1.807) is 6.07 Å². The molecule has 4 nitrogen and oxygen atoms in total. The van der Waals surface area contributed by atoms with Crippen LogP contribution in [0.5, 0.6) is 0 Å². The lowest BCUT2D eigenvalue weighted by Gasteiger charge is -2.10. The number of carboxylic acid groups (broad SMARTS) is 1. The van der Waals surface area contributed by atoms with Crippen LogP contribution in [0, 0.1) is 9.39 Å². The smallest absolute Gasteiger partial charge is 0.337 e. The van der Waals surface area contributed by atoms with Gasteiger partial charge in [0.15, 0.2) is 0 Å². The van der Waals surface area contributed by atoms with Crippen molar-refractivity contribution in [2.75, 3.05) is 5.32 Å². The van der Waals surface area contributed by atoms with Crippen molar-refractivity contribution in [1.29, 1.82) is 0 Å². The van der Waals surface area contributed by atoms with Gasteiger partial charge in [-0.15, -0.1) is 0 Å².